The van der Waals surface area contributed by atoms with E-state index in [9.17, 15) is 18.8 Å². The number of ether oxygens (including phenoxy) is 1. The SMILES string of the molecule is CC(C)(C)OC(=O)N1CCC(=C(c2ccc(-c3cccc(C#N)c3)cc2)c2nc3cc(F)c(F)cc3[nH]2)CC1. The van der Waals surface area contributed by atoms with Crippen molar-refractivity contribution in [3.05, 3.63) is 94.8 Å². The number of piperidine rings is 1. The van der Waals surface area contributed by atoms with Gasteiger partial charge in [-0.05, 0) is 62.4 Å². The fraction of sp³-hybridized carbons (Fsp3) is 0.258. The molecule has 1 aliphatic rings. The molecule has 6 nitrogen and oxygen atoms in total. The number of fused-ring (bicyclic) bond motifs is 1. The summed E-state index contributed by atoms with van der Waals surface area (Å²) in [6, 6.07) is 19.7. The first kappa shape index (κ1) is 26.1. The van der Waals surface area contributed by atoms with E-state index in [0.29, 0.717) is 48.4 Å². The van der Waals surface area contributed by atoms with Crippen molar-refractivity contribution < 1.29 is 18.3 Å². The minimum Gasteiger partial charge on any atom is -0.444 e. The number of aromatic amines is 1. The highest BCUT2D eigenvalue weighted by atomic mass is 19.2. The van der Waals surface area contributed by atoms with Crippen LogP contribution in [0.5, 0.6) is 0 Å². The van der Waals surface area contributed by atoms with Crippen LogP contribution >= 0.6 is 0 Å². The Bertz CT molecular complexity index is 1580. The number of amides is 1. The number of nitrogens with one attached hydrogen (secondary N) is 1. The zero-order valence-corrected chi connectivity index (χ0v) is 22.0. The third-order valence-corrected chi connectivity index (χ3v) is 6.63. The molecule has 39 heavy (non-hydrogen) atoms. The minimum absolute atomic E-state index is 0.332. The van der Waals surface area contributed by atoms with Gasteiger partial charge in [0.2, 0.25) is 0 Å². The van der Waals surface area contributed by atoms with Crippen molar-refractivity contribution >= 4 is 22.7 Å². The molecule has 0 spiro atoms. The Morgan fingerprint density at radius 3 is 2.36 bits per heavy atom. The largest absolute Gasteiger partial charge is 0.444 e. The van der Waals surface area contributed by atoms with Gasteiger partial charge in [0.25, 0.3) is 0 Å². The Balaban J connectivity index is 1.52. The lowest BCUT2D eigenvalue weighted by Crippen LogP contribution is -2.40. The molecule has 198 valence electrons. The molecule has 5 rings (SSSR count). The molecule has 1 amide bonds. The number of hydrogen-bond donors (Lipinski definition) is 1. The number of carbonyl (C=O) groups is 1. The van der Waals surface area contributed by atoms with Gasteiger partial charge in [-0.1, -0.05) is 42.0 Å². The number of halogens is 2. The van der Waals surface area contributed by atoms with Crippen molar-refractivity contribution in [2.45, 2.75) is 39.2 Å². The lowest BCUT2D eigenvalue weighted by molar-refractivity contribution is 0.0236. The van der Waals surface area contributed by atoms with E-state index < -0.39 is 17.2 Å². The van der Waals surface area contributed by atoms with Crippen molar-refractivity contribution in [2.75, 3.05) is 13.1 Å². The van der Waals surface area contributed by atoms with E-state index in [1.54, 1.807) is 11.0 Å². The number of nitriles is 1. The van der Waals surface area contributed by atoms with Gasteiger partial charge in [0.05, 0.1) is 22.7 Å². The summed E-state index contributed by atoms with van der Waals surface area (Å²) in [7, 11) is 0. The number of aromatic nitrogens is 2. The number of benzene rings is 3. The van der Waals surface area contributed by atoms with Crippen molar-refractivity contribution in [1.29, 1.82) is 5.26 Å². The molecule has 0 atom stereocenters. The second kappa shape index (κ2) is 10.3. The third-order valence-electron chi connectivity index (χ3n) is 6.63. The molecule has 0 bridgehead atoms. The van der Waals surface area contributed by atoms with Crippen LogP contribution in [0, 0.1) is 23.0 Å². The molecule has 0 saturated carbocycles. The summed E-state index contributed by atoms with van der Waals surface area (Å²) in [5.41, 5.74) is 5.42. The molecule has 3 aromatic carbocycles. The lowest BCUT2D eigenvalue weighted by atomic mass is 9.91. The number of nitrogens with zero attached hydrogens (tertiary/aromatic N) is 3. The summed E-state index contributed by atoms with van der Waals surface area (Å²) in [6.07, 6.45) is 0.849. The van der Waals surface area contributed by atoms with Crippen LogP contribution in [-0.4, -0.2) is 39.7 Å². The van der Waals surface area contributed by atoms with Gasteiger partial charge < -0.3 is 14.6 Å². The van der Waals surface area contributed by atoms with Gasteiger partial charge in [0.15, 0.2) is 11.6 Å². The predicted molar refractivity (Wildman–Crippen MR) is 146 cm³/mol. The van der Waals surface area contributed by atoms with E-state index in [2.05, 4.69) is 16.0 Å². The molecule has 1 aromatic heterocycles. The quantitative estimate of drug-likeness (QED) is 0.306. The molecule has 1 N–H and O–H groups in total. The van der Waals surface area contributed by atoms with Crippen molar-refractivity contribution in [3.8, 4) is 17.2 Å². The molecule has 0 unspecified atom stereocenters. The second-order valence-corrected chi connectivity index (χ2v) is 10.6. The van der Waals surface area contributed by atoms with Crippen LogP contribution in [-0.2, 0) is 4.74 Å². The third kappa shape index (κ3) is 5.68. The van der Waals surface area contributed by atoms with Crippen molar-refractivity contribution in [1.82, 2.24) is 14.9 Å². The molecule has 0 radical (unpaired) electrons. The maximum atomic E-state index is 13.9. The smallest absolute Gasteiger partial charge is 0.410 e. The zero-order chi connectivity index (χ0) is 27.7. The molecule has 1 saturated heterocycles. The number of likely N-dealkylation sites (tertiary alicyclic amines) is 1. The number of H-pyrrole nitrogens is 1. The molecule has 2 heterocycles. The van der Waals surface area contributed by atoms with Crippen LogP contribution in [0.1, 0.15) is 50.6 Å². The normalized spacial score (nSPS) is 13.8. The highest BCUT2D eigenvalue weighted by Gasteiger charge is 2.27. The second-order valence-electron chi connectivity index (χ2n) is 10.6. The molecule has 8 heteroatoms. The maximum Gasteiger partial charge on any atom is 0.410 e. The zero-order valence-electron chi connectivity index (χ0n) is 22.0. The highest BCUT2D eigenvalue weighted by Crippen LogP contribution is 2.34. The van der Waals surface area contributed by atoms with Crippen molar-refractivity contribution in [2.24, 2.45) is 0 Å². The summed E-state index contributed by atoms with van der Waals surface area (Å²) in [5, 5.41) is 9.25. The average molecular weight is 527 g/mol. The fourth-order valence-corrected chi connectivity index (χ4v) is 4.76. The van der Waals surface area contributed by atoms with E-state index in [-0.39, 0.29) is 6.09 Å². The van der Waals surface area contributed by atoms with Gasteiger partial charge in [0.1, 0.15) is 11.4 Å². The van der Waals surface area contributed by atoms with Crippen LogP contribution in [0.2, 0.25) is 0 Å². The summed E-state index contributed by atoms with van der Waals surface area (Å²) >= 11 is 0. The van der Waals surface area contributed by atoms with E-state index >= 15 is 0 Å². The summed E-state index contributed by atoms with van der Waals surface area (Å²) < 4.78 is 33.4. The number of hydrogen-bond acceptors (Lipinski definition) is 4. The van der Waals surface area contributed by atoms with Crippen molar-refractivity contribution in [3.63, 3.8) is 0 Å². The number of carbonyl (C=O) groups excluding carboxylic acids is 1. The first-order valence-corrected chi connectivity index (χ1v) is 12.8. The minimum atomic E-state index is -0.954. The number of rotatable bonds is 3. The summed E-state index contributed by atoms with van der Waals surface area (Å²) in [5.74, 6) is -1.39. The number of imidazole rings is 1. The highest BCUT2D eigenvalue weighted by molar-refractivity contribution is 5.86. The molecule has 4 aromatic rings. The molecular weight excluding hydrogens is 498 g/mol. The monoisotopic (exact) mass is 526 g/mol. The molecule has 1 fully saturated rings. The Kier molecular flexibility index (Phi) is 6.92. The summed E-state index contributed by atoms with van der Waals surface area (Å²) in [4.78, 5) is 22.1. The molecule has 1 aliphatic heterocycles. The van der Waals surface area contributed by atoms with E-state index in [0.717, 1.165) is 40.0 Å². The van der Waals surface area contributed by atoms with Gasteiger partial charge in [-0.15, -0.1) is 0 Å². The van der Waals surface area contributed by atoms with E-state index in [4.69, 9.17) is 4.74 Å². The first-order valence-electron chi connectivity index (χ1n) is 12.8. The van der Waals surface area contributed by atoms with Gasteiger partial charge in [-0.25, -0.2) is 18.6 Å². The Labute approximate surface area is 225 Å². The van der Waals surface area contributed by atoms with Gasteiger partial charge >= 0.3 is 6.09 Å². The van der Waals surface area contributed by atoms with Gasteiger partial charge in [-0.3, -0.25) is 0 Å². The Hall–Kier alpha value is -4.51. The van der Waals surface area contributed by atoms with Gasteiger partial charge in [0, 0.05) is 30.8 Å². The average Bonchev–Trinajstić information content (AvgIpc) is 3.30. The van der Waals surface area contributed by atoms with E-state index in [1.165, 1.54) is 0 Å². The summed E-state index contributed by atoms with van der Waals surface area (Å²) in [6.45, 7) is 6.48. The first-order chi connectivity index (χ1) is 18.6. The molecular formula is C31H28F2N4O2. The van der Waals surface area contributed by atoms with Crippen LogP contribution in [0.15, 0.2) is 66.2 Å². The van der Waals surface area contributed by atoms with Crippen LogP contribution in [0.3, 0.4) is 0 Å². The van der Waals surface area contributed by atoms with Crippen LogP contribution in [0.25, 0.3) is 27.7 Å². The van der Waals surface area contributed by atoms with Crippen LogP contribution in [0.4, 0.5) is 13.6 Å². The standard InChI is InChI=1S/C31H28F2N4O2/c1-31(2,3)39-30(38)37-13-11-22(12-14-37)28(29-35-26-16-24(32)25(33)17-27(26)36-29)21-9-7-20(8-10-21)23-6-4-5-19(15-23)18-34/h4-10,15-17H,11-14H2,1-3H3,(H,35,36). The topological polar surface area (TPSA) is 82.0 Å². The lowest BCUT2D eigenvalue weighted by Gasteiger charge is -2.31. The molecule has 0 aliphatic carbocycles. The fourth-order valence-electron chi connectivity index (χ4n) is 4.76. The van der Waals surface area contributed by atoms with Crippen LogP contribution < -0.4 is 0 Å². The van der Waals surface area contributed by atoms with E-state index in [1.807, 2.05) is 63.2 Å². The van der Waals surface area contributed by atoms with Gasteiger partial charge in [-0.2, -0.15) is 5.26 Å². The Morgan fingerprint density at radius 1 is 1.00 bits per heavy atom. The predicted octanol–water partition coefficient (Wildman–Crippen LogP) is 7.21. The Morgan fingerprint density at radius 2 is 1.69 bits per heavy atom. The maximum absolute atomic E-state index is 13.9.